The van der Waals surface area contributed by atoms with Crippen molar-refractivity contribution in [1.29, 1.82) is 0 Å². The Morgan fingerprint density at radius 3 is 2.54 bits per heavy atom. The molecule has 0 amide bonds. The highest BCUT2D eigenvalue weighted by Crippen LogP contribution is 2.32. The molecule has 3 rings (SSSR count). The Labute approximate surface area is 167 Å². The van der Waals surface area contributed by atoms with E-state index in [0.717, 1.165) is 5.56 Å². The fourth-order valence-corrected chi connectivity index (χ4v) is 3.22. The Bertz CT molecular complexity index is 1080. The summed E-state index contributed by atoms with van der Waals surface area (Å²) in [6.07, 6.45) is -0.463. The Morgan fingerprint density at radius 2 is 1.89 bits per heavy atom. The molecule has 0 unspecified atom stereocenters. The first-order valence-electron chi connectivity index (χ1n) is 8.93. The Hall–Kier alpha value is -2.63. The summed E-state index contributed by atoms with van der Waals surface area (Å²) in [6, 6.07) is 10.4. The molecule has 1 atom stereocenters. The maximum atomic E-state index is 12.3. The van der Waals surface area contributed by atoms with Gasteiger partial charge >= 0.3 is 5.63 Å². The topological polar surface area (TPSA) is 76.7 Å². The van der Waals surface area contributed by atoms with Crippen molar-refractivity contribution in [3.05, 3.63) is 74.1 Å². The van der Waals surface area contributed by atoms with Gasteiger partial charge in [-0.2, -0.15) is 0 Å². The molecule has 0 aliphatic carbocycles. The number of carbonyl (C=O) groups is 1. The SMILES string of the molecule is Cc1ccc(C(=O)COc2cc3oc(=O)c(C[C@H](C)O)c(C)c3cc2Cl)cc1. The number of benzene rings is 2. The number of hydrogen-bond donors (Lipinski definition) is 1. The van der Waals surface area contributed by atoms with Gasteiger partial charge in [0.15, 0.2) is 12.4 Å². The summed E-state index contributed by atoms with van der Waals surface area (Å²) < 4.78 is 11.0. The van der Waals surface area contributed by atoms with Crippen molar-refractivity contribution < 1.29 is 19.1 Å². The third-order valence-corrected chi connectivity index (χ3v) is 4.87. The number of halogens is 1. The second-order valence-electron chi connectivity index (χ2n) is 6.90. The van der Waals surface area contributed by atoms with E-state index in [1.807, 2.05) is 19.1 Å². The molecule has 5 nitrogen and oxygen atoms in total. The smallest absolute Gasteiger partial charge is 0.339 e. The number of aliphatic hydroxyl groups is 1. The molecule has 28 heavy (non-hydrogen) atoms. The number of ketones is 1. The molecule has 0 aliphatic rings. The number of Topliss-reactive ketones (excluding diaryl/α,β-unsaturated/α-hetero) is 1. The van der Waals surface area contributed by atoms with Gasteiger partial charge < -0.3 is 14.3 Å². The van der Waals surface area contributed by atoms with Crippen LogP contribution in [-0.4, -0.2) is 23.6 Å². The van der Waals surface area contributed by atoms with Crippen LogP contribution in [-0.2, 0) is 6.42 Å². The quantitative estimate of drug-likeness (QED) is 0.494. The molecule has 0 saturated heterocycles. The molecule has 3 aromatic rings. The van der Waals surface area contributed by atoms with Gasteiger partial charge in [0.05, 0.1) is 11.1 Å². The van der Waals surface area contributed by atoms with Gasteiger partial charge in [0.25, 0.3) is 0 Å². The average Bonchev–Trinajstić information content (AvgIpc) is 2.64. The minimum atomic E-state index is -0.662. The van der Waals surface area contributed by atoms with Crippen LogP contribution in [0.3, 0.4) is 0 Å². The van der Waals surface area contributed by atoms with Gasteiger partial charge in [-0.1, -0.05) is 41.4 Å². The van der Waals surface area contributed by atoms with Crippen molar-refractivity contribution in [3.8, 4) is 5.75 Å². The molecular formula is C22H21ClO5. The van der Waals surface area contributed by atoms with E-state index in [0.29, 0.717) is 32.7 Å². The Balaban J connectivity index is 1.88. The van der Waals surface area contributed by atoms with E-state index in [1.54, 1.807) is 32.0 Å². The van der Waals surface area contributed by atoms with E-state index in [4.69, 9.17) is 20.8 Å². The standard InChI is InChI=1S/C22H21ClO5/c1-12-4-6-15(7-5-12)19(25)11-27-21-10-20-16(9-18(21)23)14(3)17(8-13(2)24)22(26)28-20/h4-7,9-10,13,24H,8,11H2,1-3H3/t13-/m0/s1. The number of hydrogen-bond acceptors (Lipinski definition) is 5. The molecule has 1 N–H and O–H groups in total. The van der Waals surface area contributed by atoms with Crippen molar-refractivity contribution in [2.75, 3.05) is 6.61 Å². The number of rotatable bonds is 6. The fraction of sp³-hybridized carbons (Fsp3) is 0.273. The molecule has 1 aromatic heterocycles. The van der Waals surface area contributed by atoms with E-state index in [2.05, 4.69) is 0 Å². The molecular weight excluding hydrogens is 380 g/mol. The number of aryl methyl sites for hydroxylation is 2. The van der Waals surface area contributed by atoms with E-state index >= 15 is 0 Å². The van der Waals surface area contributed by atoms with Gasteiger partial charge in [-0.3, -0.25) is 4.79 Å². The zero-order valence-electron chi connectivity index (χ0n) is 15.9. The third kappa shape index (κ3) is 4.26. The summed E-state index contributed by atoms with van der Waals surface area (Å²) in [5.41, 5.74) is 2.55. The molecule has 1 heterocycles. The van der Waals surface area contributed by atoms with Gasteiger partial charge in [-0.05, 0) is 32.4 Å². The molecule has 2 aromatic carbocycles. The van der Waals surface area contributed by atoms with Crippen LogP contribution in [0.4, 0.5) is 0 Å². The van der Waals surface area contributed by atoms with Crippen LogP contribution in [0, 0.1) is 13.8 Å². The summed E-state index contributed by atoms with van der Waals surface area (Å²) in [5, 5.41) is 10.6. The predicted molar refractivity (Wildman–Crippen MR) is 109 cm³/mol. The van der Waals surface area contributed by atoms with Gasteiger partial charge in [-0.15, -0.1) is 0 Å². The van der Waals surface area contributed by atoms with E-state index in [-0.39, 0.29) is 24.6 Å². The number of ether oxygens (including phenoxy) is 1. The van der Waals surface area contributed by atoms with Crippen molar-refractivity contribution in [1.82, 2.24) is 0 Å². The maximum absolute atomic E-state index is 12.3. The van der Waals surface area contributed by atoms with E-state index in [1.165, 1.54) is 6.07 Å². The Kier molecular flexibility index (Phi) is 5.87. The summed E-state index contributed by atoms with van der Waals surface area (Å²) in [4.78, 5) is 24.6. The monoisotopic (exact) mass is 400 g/mol. The second-order valence-corrected chi connectivity index (χ2v) is 7.31. The molecule has 0 spiro atoms. The zero-order valence-corrected chi connectivity index (χ0v) is 16.7. The highest BCUT2D eigenvalue weighted by atomic mass is 35.5. The molecule has 0 fully saturated rings. The molecule has 0 aliphatic heterocycles. The Morgan fingerprint density at radius 1 is 1.21 bits per heavy atom. The first kappa shape index (κ1) is 20.1. The van der Waals surface area contributed by atoms with Crippen LogP contribution in [0.5, 0.6) is 5.75 Å². The lowest BCUT2D eigenvalue weighted by Gasteiger charge is -2.12. The molecule has 0 radical (unpaired) electrons. The van der Waals surface area contributed by atoms with Gasteiger partial charge in [0.1, 0.15) is 11.3 Å². The lowest BCUT2D eigenvalue weighted by atomic mass is 10.0. The van der Waals surface area contributed by atoms with Crippen molar-refractivity contribution in [2.24, 2.45) is 0 Å². The molecule has 0 saturated carbocycles. The molecule has 0 bridgehead atoms. The van der Waals surface area contributed by atoms with Crippen LogP contribution >= 0.6 is 11.6 Å². The molecule has 146 valence electrons. The second kappa shape index (κ2) is 8.17. The van der Waals surface area contributed by atoms with E-state index in [9.17, 15) is 14.7 Å². The van der Waals surface area contributed by atoms with Crippen LogP contribution in [0.25, 0.3) is 11.0 Å². The highest BCUT2D eigenvalue weighted by molar-refractivity contribution is 6.32. The summed E-state index contributed by atoms with van der Waals surface area (Å²) in [6.45, 7) is 5.16. The first-order chi connectivity index (χ1) is 13.3. The van der Waals surface area contributed by atoms with Crippen molar-refractivity contribution in [3.63, 3.8) is 0 Å². The predicted octanol–water partition coefficient (Wildman–Crippen LogP) is 4.25. The van der Waals surface area contributed by atoms with E-state index < -0.39 is 11.7 Å². The van der Waals surface area contributed by atoms with Gasteiger partial charge in [-0.25, -0.2) is 4.79 Å². The van der Waals surface area contributed by atoms with Crippen LogP contribution < -0.4 is 10.4 Å². The number of fused-ring (bicyclic) bond motifs is 1. The third-order valence-electron chi connectivity index (χ3n) is 4.57. The lowest BCUT2D eigenvalue weighted by molar-refractivity contribution is 0.0921. The summed E-state index contributed by atoms with van der Waals surface area (Å²) in [7, 11) is 0. The highest BCUT2D eigenvalue weighted by Gasteiger charge is 2.16. The van der Waals surface area contributed by atoms with Crippen molar-refractivity contribution in [2.45, 2.75) is 33.3 Å². The zero-order chi connectivity index (χ0) is 20.4. The summed E-state index contributed by atoms with van der Waals surface area (Å²) in [5.74, 6) is 0.0848. The van der Waals surface area contributed by atoms with Crippen molar-refractivity contribution >= 4 is 28.4 Å². The number of aliphatic hydroxyl groups excluding tert-OH is 1. The minimum Gasteiger partial charge on any atom is -0.484 e. The molecule has 6 heteroatoms. The lowest BCUT2D eigenvalue weighted by Crippen LogP contribution is -2.16. The van der Waals surface area contributed by atoms with Crippen LogP contribution in [0.2, 0.25) is 5.02 Å². The van der Waals surface area contributed by atoms with Crippen LogP contribution in [0.1, 0.15) is 34.0 Å². The van der Waals surface area contributed by atoms with Gasteiger partial charge in [0, 0.05) is 29.0 Å². The normalized spacial score (nSPS) is 12.2. The average molecular weight is 401 g/mol. The number of carbonyl (C=O) groups excluding carboxylic acids is 1. The first-order valence-corrected chi connectivity index (χ1v) is 9.30. The van der Waals surface area contributed by atoms with Crippen LogP contribution in [0.15, 0.2) is 45.6 Å². The van der Waals surface area contributed by atoms with Gasteiger partial charge in [0.2, 0.25) is 0 Å². The maximum Gasteiger partial charge on any atom is 0.339 e. The largest absolute Gasteiger partial charge is 0.484 e. The summed E-state index contributed by atoms with van der Waals surface area (Å²) >= 11 is 6.32. The minimum absolute atomic E-state index is 0.180. The fourth-order valence-electron chi connectivity index (χ4n) is 3.00.